The molecular weight excluding hydrogens is 268 g/mol. The van der Waals surface area contributed by atoms with Gasteiger partial charge in [0, 0.05) is 18.6 Å². The molecule has 1 aliphatic rings. The Bertz CT molecular complexity index is 1020. The zero-order valence-corrected chi connectivity index (χ0v) is 11.1. The number of carbonyl (C=O) groups excluding carboxylic acids is 2. The minimum atomic E-state index is -0.477. The van der Waals surface area contributed by atoms with Gasteiger partial charge in [0.1, 0.15) is 22.4 Å². The Morgan fingerprint density at radius 1 is 1.10 bits per heavy atom. The number of imide groups is 1. The molecule has 0 aliphatic carbocycles. The summed E-state index contributed by atoms with van der Waals surface area (Å²) in [6.45, 7) is 0. The summed E-state index contributed by atoms with van der Waals surface area (Å²) in [7, 11) is 1.40. The Morgan fingerprint density at radius 2 is 1.86 bits per heavy atom. The summed E-state index contributed by atoms with van der Waals surface area (Å²) >= 11 is 0. The molecule has 2 aromatic heterocycles. The van der Waals surface area contributed by atoms with Gasteiger partial charge in [0.05, 0.1) is 0 Å². The third-order valence-electron chi connectivity index (χ3n) is 3.79. The van der Waals surface area contributed by atoms with Crippen LogP contribution in [0.4, 0.5) is 0 Å². The summed E-state index contributed by atoms with van der Waals surface area (Å²) in [5.74, 6) is -0.936. The lowest BCUT2D eigenvalue weighted by molar-refractivity contribution is 0.0691. The van der Waals surface area contributed by atoms with Gasteiger partial charge in [0.15, 0.2) is 0 Å². The van der Waals surface area contributed by atoms with E-state index in [1.54, 1.807) is 6.20 Å². The second-order valence-electron chi connectivity index (χ2n) is 4.95. The van der Waals surface area contributed by atoms with Gasteiger partial charge in [0.25, 0.3) is 11.8 Å². The normalized spacial score (nSPS) is 14.2. The fraction of sp³-hybridized carbons (Fsp3) is 0.0667. The Hall–Kier alpha value is -3.02. The number of amides is 2. The van der Waals surface area contributed by atoms with Gasteiger partial charge in [-0.2, -0.15) is 0 Å². The number of pyridine rings is 1. The van der Waals surface area contributed by atoms with Gasteiger partial charge >= 0.3 is 0 Å². The van der Waals surface area contributed by atoms with E-state index in [9.17, 15) is 9.59 Å². The number of fused-ring (bicyclic) bond motifs is 4. The Morgan fingerprint density at radius 3 is 2.67 bits per heavy atom. The number of nitrogens with zero attached hydrogens (tertiary/aromatic N) is 3. The van der Waals surface area contributed by atoms with Crippen molar-refractivity contribution in [1.82, 2.24) is 14.3 Å². The highest BCUT2D eigenvalue weighted by Crippen LogP contribution is 2.21. The van der Waals surface area contributed by atoms with Crippen LogP contribution in [0.15, 0.2) is 36.5 Å². The molecule has 102 valence electrons. The number of carbonyl (C=O) groups is 2. The van der Waals surface area contributed by atoms with Gasteiger partial charge in [-0.05, 0) is 11.5 Å². The van der Waals surface area contributed by atoms with E-state index in [2.05, 4.69) is 4.98 Å². The maximum Gasteiger partial charge on any atom is 0.280 e. The quantitative estimate of drug-likeness (QED) is 0.495. The molecule has 0 saturated carbocycles. The van der Waals surface area contributed by atoms with Crippen LogP contribution < -0.4 is 5.49 Å². The third-order valence-corrected chi connectivity index (χ3v) is 3.79. The molecule has 6 heteroatoms. The first-order valence-electron chi connectivity index (χ1n) is 6.40. The van der Waals surface area contributed by atoms with E-state index in [1.165, 1.54) is 11.4 Å². The summed E-state index contributed by atoms with van der Waals surface area (Å²) in [6.07, 6.45) is 1.70. The standard InChI is InChI=1S/C15H10N4O2/c1-18-14(20)10-11(15(18)21)17-13-9-5-3-2-4-8(9)6-7-19(13)12(10)16/h2-7,16H,1H3. The van der Waals surface area contributed by atoms with E-state index in [0.29, 0.717) is 5.65 Å². The summed E-state index contributed by atoms with van der Waals surface area (Å²) < 4.78 is 1.53. The van der Waals surface area contributed by atoms with E-state index in [1.807, 2.05) is 30.3 Å². The molecule has 2 amide bonds. The van der Waals surface area contributed by atoms with E-state index >= 15 is 0 Å². The molecule has 1 aliphatic heterocycles. The SMILES string of the molecule is CN1C(=O)c2nc3c4ccccc4ccn3c(=N)c2C1=O. The zero-order valence-electron chi connectivity index (χ0n) is 11.1. The zero-order chi connectivity index (χ0) is 14.7. The molecule has 0 bridgehead atoms. The summed E-state index contributed by atoms with van der Waals surface area (Å²) in [5.41, 5.74) is 0.621. The lowest BCUT2D eigenvalue weighted by Crippen LogP contribution is -2.27. The number of hydrogen-bond acceptors (Lipinski definition) is 4. The lowest BCUT2D eigenvalue weighted by atomic mass is 10.1. The molecular formula is C15H10N4O2. The number of rotatable bonds is 0. The number of hydrogen-bond donors (Lipinski definition) is 1. The fourth-order valence-corrected chi connectivity index (χ4v) is 2.67. The first-order valence-corrected chi connectivity index (χ1v) is 6.40. The van der Waals surface area contributed by atoms with Crippen molar-refractivity contribution in [3.05, 3.63) is 53.3 Å². The fourth-order valence-electron chi connectivity index (χ4n) is 2.67. The highest BCUT2D eigenvalue weighted by Gasteiger charge is 2.36. The monoisotopic (exact) mass is 278 g/mol. The largest absolute Gasteiger partial charge is 0.285 e. The maximum absolute atomic E-state index is 12.1. The molecule has 0 spiro atoms. The van der Waals surface area contributed by atoms with Gasteiger partial charge < -0.3 is 0 Å². The van der Waals surface area contributed by atoms with Gasteiger partial charge in [-0.15, -0.1) is 0 Å². The van der Waals surface area contributed by atoms with E-state index in [-0.39, 0.29) is 16.7 Å². The van der Waals surface area contributed by atoms with Crippen molar-refractivity contribution in [2.45, 2.75) is 0 Å². The van der Waals surface area contributed by atoms with Gasteiger partial charge in [0.2, 0.25) is 0 Å². The number of nitrogens with one attached hydrogen (secondary N) is 1. The van der Waals surface area contributed by atoms with Crippen LogP contribution in [0.3, 0.4) is 0 Å². The lowest BCUT2D eigenvalue weighted by Gasteiger charge is -2.07. The van der Waals surface area contributed by atoms with Gasteiger partial charge in [-0.3, -0.25) is 24.3 Å². The topological polar surface area (TPSA) is 78.5 Å². The minimum absolute atomic E-state index is 0.0107. The molecule has 0 fully saturated rings. The van der Waals surface area contributed by atoms with Gasteiger partial charge in [-0.1, -0.05) is 24.3 Å². The third kappa shape index (κ3) is 1.36. The van der Waals surface area contributed by atoms with Crippen LogP contribution in [-0.4, -0.2) is 33.1 Å². The van der Waals surface area contributed by atoms with Crippen LogP contribution in [0.2, 0.25) is 0 Å². The minimum Gasteiger partial charge on any atom is -0.285 e. The Labute approximate surface area is 118 Å². The summed E-state index contributed by atoms with van der Waals surface area (Å²) in [6, 6.07) is 9.47. The van der Waals surface area contributed by atoms with Gasteiger partial charge in [-0.25, -0.2) is 4.98 Å². The van der Waals surface area contributed by atoms with Crippen LogP contribution in [0.5, 0.6) is 0 Å². The first kappa shape index (κ1) is 11.8. The van der Waals surface area contributed by atoms with Crippen molar-refractivity contribution in [1.29, 1.82) is 5.41 Å². The second kappa shape index (κ2) is 3.76. The highest BCUT2D eigenvalue weighted by molar-refractivity contribution is 6.20. The first-order chi connectivity index (χ1) is 10.1. The summed E-state index contributed by atoms with van der Waals surface area (Å²) in [5, 5.41) is 10.0. The van der Waals surface area contributed by atoms with Crippen LogP contribution in [0.25, 0.3) is 16.4 Å². The molecule has 3 heterocycles. The molecule has 0 radical (unpaired) electrons. The Balaban J connectivity index is 2.25. The molecule has 3 aromatic rings. The van der Waals surface area contributed by atoms with Crippen LogP contribution in [-0.2, 0) is 0 Å². The predicted octanol–water partition coefficient (Wildman–Crippen LogP) is 1.19. The highest BCUT2D eigenvalue weighted by atomic mass is 16.2. The Kier molecular flexibility index (Phi) is 2.11. The van der Waals surface area contributed by atoms with Crippen molar-refractivity contribution in [2.24, 2.45) is 0 Å². The molecule has 1 aromatic carbocycles. The predicted molar refractivity (Wildman–Crippen MR) is 75.0 cm³/mol. The number of benzene rings is 1. The molecule has 6 nitrogen and oxygen atoms in total. The van der Waals surface area contributed by atoms with Crippen LogP contribution in [0.1, 0.15) is 20.8 Å². The van der Waals surface area contributed by atoms with E-state index < -0.39 is 11.8 Å². The average molecular weight is 278 g/mol. The number of aromatic nitrogens is 2. The molecule has 1 N–H and O–H groups in total. The van der Waals surface area contributed by atoms with Crippen molar-refractivity contribution < 1.29 is 9.59 Å². The van der Waals surface area contributed by atoms with Crippen LogP contribution >= 0.6 is 0 Å². The molecule has 4 rings (SSSR count). The van der Waals surface area contributed by atoms with E-state index in [4.69, 9.17) is 5.41 Å². The van der Waals surface area contributed by atoms with Crippen molar-refractivity contribution >= 4 is 28.2 Å². The average Bonchev–Trinajstić information content (AvgIpc) is 2.72. The smallest absolute Gasteiger partial charge is 0.280 e. The molecule has 0 saturated heterocycles. The summed E-state index contributed by atoms with van der Waals surface area (Å²) in [4.78, 5) is 29.5. The molecule has 0 unspecified atom stereocenters. The molecule has 21 heavy (non-hydrogen) atoms. The van der Waals surface area contributed by atoms with E-state index in [0.717, 1.165) is 15.7 Å². The molecule has 0 atom stereocenters. The maximum atomic E-state index is 12.1. The van der Waals surface area contributed by atoms with Crippen molar-refractivity contribution in [3.8, 4) is 0 Å². The van der Waals surface area contributed by atoms with Crippen LogP contribution in [0, 0.1) is 5.41 Å². The van der Waals surface area contributed by atoms with Crippen molar-refractivity contribution in [3.63, 3.8) is 0 Å². The second-order valence-corrected chi connectivity index (χ2v) is 4.95. The van der Waals surface area contributed by atoms with Crippen molar-refractivity contribution in [2.75, 3.05) is 7.05 Å².